The van der Waals surface area contributed by atoms with Crippen molar-refractivity contribution in [2.24, 2.45) is 0 Å². The van der Waals surface area contributed by atoms with Gasteiger partial charge >= 0.3 is 0 Å². The molecule has 1 aromatic carbocycles. The maximum Gasteiger partial charge on any atom is 0.269 e. The maximum absolute atomic E-state index is 10.7. The lowest BCUT2D eigenvalue weighted by molar-refractivity contribution is -0.384. The van der Waals surface area contributed by atoms with E-state index < -0.39 is 0 Å². The number of anilines is 1. The van der Waals surface area contributed by atoms with E-state index in [-0.39, 0.29) is 10.6 Å². The quantitative estimate of drug-likeness (QED) is 0.430. The second kappa shape index (κ2) is 14.5. The van der Waals surface area contributed by atoms with Crippen molar-refractivity contribution in [3.63, 3.8) is 0 Å². The van der Waals surface area contributed by atoms with Crippen LogP contribution in [0.2, 0.25) is 0 Å². The summed E-state index contributed by atoms with van der Waals surface area (Å²) in [4.78, 5) is 19.4. The lowest BCUT2D eigenvalue weighted by atomic mass is 10.2. The number of benzene rings is 1. The highest BCUT2D eigenvalue weighted by Crippen LogP contribution is 2.20. The van der Waals surface area contributed by atoms with Gasteiger partial charge in [0, 0.05) is 69.8 Å². The van der Waals surface area contributed by atoms with Crippen molar-refractivity contribution in [3.8, 4) is 0 Å². The molecule has 1 aromatic heterocycles. The predicted molar refractivity (Wildman–Crippen MR) is 120 cm³/mol. The van der Waals surface area contributed by atoms with Crippen molar-refractivity contribution in [2.45, 2.75) is 34.2 Å². The number of nitro groups is 1. The number of nitrogens with one attached hydrogen (secondary N) is 1. The zero-order chi connectivity index (χ0) is 21.5. The van der Waals surface area contributed by atoms with E-state index in [0.717, 1.165) is 57.2 Å². The first kappa shape index (κ1) is 24.5. The average molecular weight is 402 g/mol. The molecule has 7 heteroatoms. The van der Waals surface area contributed by atoms with E-state index in [1.165, 1.54) is 0 Å². The highest BCUT2D eigenvalue weighted by atomic mass is 16.6. The van der Waals surface area contributed by atoms with E-state index in [4.69, 9.17) is 0 Å². The van der Waals surface area contributed by atoms with Gasteiger partial charge in [-0.05, 0) is 24.3 Å². The number of pyridine rings is 1. The van der Waals surface area contributed by atoms with Crippen LogP contribution < -0.4 is 10.2 Å². The number of aromatic nitrogens is 1. The molecule has 0 radical (unpaired) electrons. The Morgan fingerprint density at radius 3 is 2.21 bits per heavy atom. The summed E-state index contributed by atoms with van der Waals surface area (Å²) in [5.74, 6) is 0. The Morgan fingerprint density at radius 1 is 1.00 bits per heavy atom. The molecule has 1 N–H and O–H groups in total. The Bertz CT molecular complexity index is 671. The molecule has 2 heterocycles. The molecule has 29 heavy (non-hydrogen) atoms. The molecule has 1 aliphatic rings. The van der Waals surface area contributed by atoms with E-state index in [9.17, 15) is 10.1 Å². The van der Waals surface area contributed by atoms with Gasteiger partial charge in [0.05, 0.1) is 10.6 Å². The van der Waals surface area contributed by atoms with E-state index >= 15 is 0 Å². The van der Waals surface area contributed by atoms with Gasteiger partial charge in [-0.25, -0.2) is 0 Å². The number of nitro benzene ring substituents is 1. The monoisotopic (exact) mass is 401 g/mol. The lowest BCUT2D eigenvalue weighted by Gasteiger charge is -2.36. The summed E-state index contributed by atoms with van der Waals surface area (Å²) in [5, 5.41) is 14.1. The van der Waals surface area contributed by atoms with Crippen molar-refractivity contribution < 1.29 is 4.92 Å². The summed E-state index contributed by atoms with van der Waals surface area (Å²) in [7, 11) is 0. The highest BCUT2D eigenvalue weighted by molar-refractivity contribution is 5.51. The molecule has 0 bridgehead atoms. The van der Waals surface area contributed by atoms with Gasteiger partial charge in [-0.15, -0.1) is 0 Å². The van der Waals surface area contributed by atoms with Crippen LogP contribution in [0.5, 0.6) is 0 Å². The molecular formula is C22H35N5O2. The standard InChI is InChI=1S/C18H23N5O2.2C2H6/c24-23(25)18-6-4-17(5-7-18)22-13-11-21(12-14-22)10-9-19-15-16-3-1-2-8-20-16;2*1-2/h1-8,19H,9-15H2;2*1-2H3. The van der Waals surface area contributed by atoms with Gasteiger partial charge in [-0.2, -0.15) is 0 Å². The van der Waals surface area contributed by atoms with E-state index in [1.54, 1.807) is 12.1 Å². The fourth-order valence-electron chi connectivity index (χ4n) is 2.97. The topological polar surface area (TPSA) is 74.5 Å². The first-order chi connectivity index (χ1) is 14.2. The Hall–Kier alpha value is -2.51. The van der Waals surface area contributed by atoms with Gasteiger partial charge < -0.3 is 10.2 Å². The number of hydrogen-bond donors (Lipinski definition) is 1. The van der Waals surface area contributed by atoms with Gasteiger partial charge in [0.15, 0.2) is 0 Å². The fourth-order valence-corrected chi connectivity index (χ4v) is 2.97. The third-order valence-electron chi connectivity index (χ3n) is 4.44. The Labute approximate surface area is 174 Å². The number of piperazine rings is 1. The minimum Gasteiger partial charge on any atom is -0.369 e. The number of rotatable bonds is 7. The first-order valence-electron chi connectivity index (χ1n) is 10.5. The molecule has 160 valence electrons. The SMILES string of the molecule is CC.CC.O=[N+]([O-])c1ccc(N2CCN(CCNCc3ccccn3)CC2)cc1. The molecule has 0 unspecified atom stereocenters. The number of nitrogens with zero attached hydrogens (tertiary/aromatic N) is 4. The molecule has 1 aliphatic heterocycles. The van der Waals surface area contributed by atoms with Crippen LogP contribution in [0, 0.1) is 10.1 Å². The average Bonchev–Trinajstić information content (AvgIpc) is 2.80. The number of hydrogen-bond acceptors (Lipinski definition) is 6. The smallest absolute Gasteiger partial charge is 0.269 e. The number of non-ortho nitro benzene ring substituents is 1. The Morgan fingerprint density at radius 2 is 1.66 bits per heavy atom. The van der Waals surface area contributed by atoms with Gasteiger partial charge in [0.2, 0.25) is 0 Å². The van der Waals surface area contributed by atoms with E-state index in [1.807, 2.05) is 64.2 Å². The normalized spacial score (nSPS) is 13.6. The third-order valence-corrected chi connectivity index (χ3v) is 4.44. The zero-order valence-electron chi connectivity index (χ0n) is 18.2. The molecular weight excluding hydrogens is 366 g/mol. The molecule has 2 aromatic rings. The molecule has 0 amide bonds. The largest absolute Gasteiger partial charge is 0.369 e. The minimum absolute atomic E-state index is 0.140. The Kier molecular flexibility index (Phi) is 12.2. The summed E-state index contributed by atoms with van der Waals surface area (Å²) in [5.41, 5.74) is 2.25. The van der Waals surface area contributed by atoms with Crippen molar-refractivity contribution in [3.05, 3.63) is 64.5 Å². The van der Waals surface area contributed by atoms with Crippen LogP contribution in [0.25, 0.3) is 0 Å². The molecule has 0 atom stereocenters. The van der Waals surface area contributed by atoms with E-state index in [2.05, 4.69) is 20.1 Å². The van der Waals surface area contributed by atoms with E-state index in [0.29, 0.717) is 0 Å². The second-order valence-electron chi connectivity index (χ2n) is 6.10. The highest BCUT2D eigenvalue weighted by Gasteiger charge is 2.17. The second-order valence-corrected chi connectivity index (χ2v) is 6.10. The van der Waals surface area contributed by atoms with Crippen molar-refractivity contribution in [2.75, 3.05) is 44.2 Å². The lowest BCUT2D eigenvalue weighted by Crippen LogP contribution is -2.48. The third kappa shape index (κ3) is 8.58. The maximum atomic E-state index is 10.7. The van der Waals surface area contributed by atoms with Crippen molar-refractivity contribution >= 4 is 11.4 Å². The predicted octanol–water partition coefficient (Wildman–Crippen LogP) is 3.95. The molecule has 1 saturated heterocycles. The fraction of sp³-hybridized carbons (Fsp3) is 0.500. The molecule has 0 spiro atoms. The molecule has 0 saturated carbocycles. The van der Waals surface area contributed by atoms with Crippen LogP contribution in [0.3, 0.4) is 0 Å². The van der Waals surface area contributed by atoms with Crippen LogP contribution in [0.4, 0.5) is 11.4 Å². The van der Waals surface area contributed by atoms with Crippen molar-refractivity contribution in [1.29, 1.82) is 0 Å². The molecule has 3 rings (SSSR count). The summed E-state index contributed by atoms with van der Waals surface area (Å²) in [6, 6.07) is 12.8. The van der Waals surface area contributed by atoms with Gasteiger partial charge in [0.1, 0.15) is 0 Å². The summed E-state index contributed by atoms with van der Waals surface area (Å²) in [6.07, 6.45) is 1.81. The van der Waals surface area contributed by atoms with Crippen LogP contribution in [0.1, 0.15) is 33.4 Å². The minimum atomic E-state index is -0.361. The van der Waals surface area contributed by atoms with Gasteiger partial charge in [-0.1, -0.05) is 33.8 Å². The van der Waals surface area contributed by atoms with Crippen LogP contribution in [0.15, 0.2) is 48.7 Å². The Balaban J connectivity index is 0.000000989. The van der Waals surface area contributed by atoms with Gasteiger partial charge in [0.25, 0.3) is 5.69 Å². The summed E-state index contributed by atoms with van der Waals surface area (Å²) >= 11 is 0. The zero-order valence-corrected chi connectivity index (χ0v) is 18.2. The van der Waals surface area contributed by atoms with Crippen LogP contribution >= 0.6 is 0 Å². The first-order valence-corrected chi connectivity index (χ1v) is 10.5. The molecule has 7 nitrogen and oxygen atoms in total. The molecule has 1 fully saturated rings. The summed E-state index contributed by atoms with van der Waals surface area (Å²) in [6.45, 7) is 14.6. The van der Waals surface area contributed by atoms with Crippen LogP contribution in [-0.2, 0) is 6.54 Å². The van der Waals surface area contributed by atoms with Crippen molar-refractivity contribution in [1.82, 2.24) is 15.2 Å². The van der Waals surface area contributed by atoms with Crippen LogP contribution in [-0.4, -0.2) is 54.1 Å². The van der Waals surface area contributed by atoms with Gasteiger partial charge in [-0.3, -0.25) is 20.0 Å². The summed E-state index contributed by atoms with van der Waals surface area (Å²) < 4.78 is 0. The molecule has 0 aliphatic carbocycles.